The van der Waals surface area contributed by atoms with Crippen LogP contribution in [0.15, 0.2) is 79.4 Å². The Labute approximate surface area is 185 Å². The minimum Gasteiger partial charge on any atom is -0.363 e. The van der Waals surface area contributed by atoms with Gasteiger partial charge < -0.3 is 5.32 Å². The van der Waals surface area contributed by atoms with Gasteiger partial charge in [-0.1, -0.05) is 18.2 Å². The highest BCUT2D eigenvalue weighted by molar-refractivity contribution is 5.89. The number of nitrogens with one attached hydrogen (secondary N) is 1. The Bertz CT molecular complexity index is 1450. The lowest BCUT2D eigenvalue weighted by Gasteiger charge is -2.12. The molecule has 4 aromatic heterocycles. The van der Waals surface area contributed by atoms with Gasteiger partial charge in [0, 0.05) is 35.9 Å². The Hall–Kier alpha value is -4.57. The molecular weight excluding hydrogens is 398 g/mol. The number of aromatic nitrogens is 5. The summed E-state index contributed by atoms with van der Waals surface area (Å²) < 4.78 is 1.82. The molecule has 0 aliphatic heterocycles. The molecule has 7 nitrogen and oxygen atoms in total. The summed E-state index contributed by atoms with van der Waals surface area (Å²) in [6.45, 7) is 2.51. The summed E-state index contributed by atoms with van der Waals surface area (Å²) in [6, 6.07) is 19.6. The quantitative estimate of drug-likeness (QED) is 0.448. The first-order valence-corrected chi connectivity index (χ1v) is 10.2. The standard InChI is InChI=1S/C25H19N7/c1-17-11-20(15-27-14-17)24-30-25(29-16-21-7-2-3-9-28-21)23-22(8-10-32(23)31-24)19-6-4-5-18(12-19)13-26/h2-12,14-15H,16H2,1H3,(H,29,30,31). The number of nitrogens with zero attached hydrogens (tertiary/aromatic N) is 6. The monoisotopic (exact) mass is 417 g/mol. The normalized spacial score (nSPS) is 10.8. The van der Waals surface area contributed by atoms with Crippen LogP contribution in [0.5, 0.6) is 0 Å². The third-order valence-corrected chi connectivity index (χ3v) is 5.11. The van der Waals surface area contributed by atoms with E-state index in [1.54, 1.807) is 24.7 Å². The Balaban J connectivity index is 1.66. The summed E-state index contributed by atoms with van der Waals surface area (Å²) in [5, 5.41) is 17.5. The zero-order chi connectivity index (χ0) is 21.9. The Morgan fingerprint density at radius 1 is 1.03 bits per heavy atom. The second-order valence-electron chi connectivity index (χ2n) is 7.42. The maximum Gasteiger partial charge on any atom is 0.183 e. The van der Waals surface area contributed by atoms with Gasteiger partial charge in [-0.25, -0.2) is 9.50 Å². The molecule has 4 heterocycles. The van der Waals surface area contributed by atoms with Gasteiger partial charge in [0.2, 0.25) is 0 Å². The molecule has 5 aromatic rings. The Kier molecular flexibility index (Phi) is 5.02. The predicted octanol–water partition coefficient (Wildman–Crippen LogP) is 4.65. The maximum absolute atomic E-state index is 9.32. The topological polar surface area (TPSA) is 91.8 Å². The smallest absolute Gasteiger partial charge is 0.183 e. The zero-order valence-electron chi connectivity index (χ0n) is 17.4. The van der Waals surface area contributed by atoms with Crippen molar-refractivity contribution in [2.45, 2.75) is 13.5 Å². The van der Waals surface area contributed by atoms with E-state index < -0.39 is 0 Å². The van der Waals surface area contributed by atoms with Gasteiger partial charge in [0.05, 0.1) is 23.9 Å². The number of nitriles is 1. The number of anilines is 1. The van der Waals surface area contributed by atoms with E-state index in [1.807, 2.05) is 66.2 Å². The Morgan fingerprint density at radius 2 is 1.97 bits per heavy atom. The molecular formula is C25H19N7. The van der Waals surface area contributed by atoms with Crippen molar-refractivity contribution in [3.05, 3.63) is 96.2 Å². The number of pyridine rings is 2. The first-order valence-electron chi connectivity index (χ1n) is 10.2. The predicted molar refractivity (Wildman–Crippen MR) is 123 cm³/mol. The lowest BCUT2D eigenvalue weighted by molar-refractivity contribution is 0.905. The third-order valence-electron chi connectivity index (χ3n) is 5.11. The van der Waals surface area contributed by atoms with E-state index in [1.165, 1.54) is 0 Å². The highest BCUT2D eigenvalue weighted by Gasteiger charge is 2.16. The third kappa shape index (κ3) is 3.77. The van der Waals surface area contributed by atoms with Crippen LogP contribution in [-0.4, -0.2) is 24.6 Å². The van der Waals surface area contributed by atoms with Crippen LogP contribution in [-0.2, 0) is 6.54 Å². The number of aryl methyl sites for hydroxylation is 1. The van der Waals surface area contributed by atoms with Gasteiger partial charge in [0.15, 0.2) is 11.6 Å². The van der Waals surface area contributed by atoms with Gasteiger partial charge in [0.1, 0.15) is 5.52 Å². The highest BCUT2D eigenvalue weighted by atomic mass is 15.3. The van der Waals surface area contributed by atoms with Crippen LogP contribution in [0.2, 0.25) is 0 Å². The van der Waals surface area contributed by atoms with E-state index >= 15 is 0 Å². The molecule has 0 aliphatic carbocycles. The van der Waals surface area contributed by atoms with Crippen LogP contribution in [0.4, 0.5) is 5.82 Å². The number of rotatable bonds is 5. The first-order chi connectivity index (χ1) is 15.7. The van der Waals surface area contributed by atoms with E-state index in [0.717, 1.165) is 33.5 Å². The number of hydrogen-bond acceptors (Lipinski definition) is 6. The van der Waals surface area contributed by atoms with Crippen molar-refractivity contribution in [3.63, 3.8) is 0 Å². The van der Waals surface area contributed by atoms with E-state index in [9.17, 15) is 5.26 Å². The fourth-order valence-electron chi connectivity index (χ4n) is 3.61. The average Bonchev–Trinajstić information content (AvgIpc) is 3.27. The van der Waals surface area contributed by atoms with Crippen LogP contribution in [0.1, 0.15) is 16.8 Å². The summed E-state index contributed by atoms with van der Waals surface area (Å²) >= 11 is 0. The molecule has 0 unspecified atom stereocenters. The Morgan fingerprint density at radius 3 is 2.78 bits per heavy atom. The van der Waals surface area contributed by atoms with Gasteiger partial charge >= 0.3 is 0 Å². The summed E-state index contributed by atoms with van der Waals surface area (Å²) in [6.07, 6.45) is 7.24. The van der Waals surface area contributed by atoms with Gasteiger partial charge in [-0.3, -0.25) is 9.97 Å². The van der Waals surface area contributed by atoms with Crippen molar-refractivity contribution >= 4 is 11.3 Å². The summed E-state index contributed by atoms with van der Waals surface area (Å²) in [5.41, 5.74) is 6.10. The fraction of sp³-hybridized carbons (Fsp3) is 0.0800. The molecule has 0 bridgehead atoms. The molecule has 0 amide bonds. The number of hydrogen-bond donors (Lipinski definition) is 1. The average molecular weight is 417 g/mol. The van der Waals surface area contributed by atoms with Crippen LogP contribution < -0.4 is 5.32 Å². The number of fused-ring (bicyclic) bond motifs is 1. The molecule has 0 aliphatic rings. The molecule has 1 N–H and O–H groups in total. The van der Waals surface area contributed by atoms with E-state index in [4.69, 9.17) is 10.1 Å². The van der Waals surface area contributed by atoms with Gasteiger partial charge in [0.25, 0.3) is 0 Å². The lowest BCUT2D eigenvalue weighted by Crippen LogP contribution is -2.08. The van der Waals surface area contributed by atoms with Crippen molar-refractivity contribution < 1.29 is 0 Å². The molecule has 0 saturated carbocycles. The molecule has 0 atom stereocenters. The van der Waals surface area contributed by atoms with E-state index in [-0.39, 0.29) is 0 Å². The second kappa shape index (κ2) is 8.28. The first kappa shape index (κ1) is 19.4. The lowest BCUT2D eigenvalue weighted by atomic mass is 10.0. The van der Waals surface area contributed by atoms with E-state index in [2.05, 4.69) is 21.4 Å². The SMILES string of the molecule is Cc1cncc(-c2nc(NCc3ccccn3)c3c(-c4cccc(C#N)c4)ccn3n2)c1. The maximum atomic E-state index is 9.32. The largest absolute Gasteiger partial charge is 0.363 e. The van der Waals surface area contributed by atoms with Crippen LogP contribution in [0.3, 0.4) is 0 Å². The fourth-order valence-corrected chi connectivity index (χ4v) is 3.61. The van der Waals surface area contributed by atoms with Gasteiger partial charge in [-0.15, -0.1) is 5.10 Å². The minimum absolute atomic E-state index is 0.516. The molecule has 7 heteroatoms. The van der Waals surface area contributed by atoms with Crippen molar-refractivity contribution in [1.82, 2.24) is 24.6 Å². The van der Waals surface area contributed by atoms with Crippen LogP contribution >= 0.6 is 0 Å². The van der Waals surface area contributed by atoms with Crippen molar-refractivity contribution in [3.8, 4) is 28.6 Å². The summed E-state index contributed by atoms with van der Waals surface area (Å²) in [4.78, 5) is 13.5. The van der Waals surface area contributed by atoms with Crippen molar-refractivity contribution in [2.24, 2.45) is 0 Å². The molecule has 1 aromatic carbocycles. The number of benzene rings is 1. The van der Waals surface area contributed by atoms with Crippen molar-refractivity contribution in [2.75, 3.05) is 5.32 Å². The van der Waals surface area contributed by atoms with Crippen molar-refractivity contribution in [1.29, 1.82) is 5.26 Å². The molecule has 32 heavy (non-hydrogen) atoms. The van der Waals surface area contributed by atoms with Crippen LogP contribution in [0.25, 0.3) is 28.0 Å². The molecule has 0 saturated heterocycles. The van der Waals surface area contributed by atoms with Gasteiger partial charge in [-0.2, -0.15) is 5.26 Å². The van der Waals surface area contributed by atoms with Gasteiger partial charge in [-0.05, 0) is 54.4 Å². The summed E-state index contributed by atoms with van der Waals surface area (Å²) in [5.74, 6) is 1.26. The van der Waals surface area contributed by atoms with Crippen LogP contribution in [0, 0.1) is 18.3 Å². The highest BCUT2D eigenvalue weighted by Crippen LogP contribution is 2.31. The summed E-state index contributed by atoms with van der Waals surface area (Å²) in [7, 11) is 0. The molecule has 0 spiro atoms. The zero-order valence-corrected chi connectivity index (χ0v) is 17.4. The molecule has 154 valence electrons. The minimum atomic E-state index is 0.516. The molecule has 0 radical (unpaired) electrons. The van der Waals surface area contributed by atoms with E-state index in [0.29, 0.717) is 23.8 Å². The second-order valence-corrected chi connectivity index (χ2v) is 7.42. The molecule has 5 rings (SSSR count). The molecule has 0 fully saturated rings.